The van der Waals surface area contributed by atoms with Crippen LogP contribution in [0.5, 0.6) is 11.5 Å². The highest BCUT2D eigenvalue weighted by Crippen LogP contribution is 2.17. The van der Waals surface area contributed by atoms with E-state index in [1.807, 2.05) is 49.4 Å². The van der Waals surface area contributed by atoms with Crippen LogP contribution in [0, 0.1) is 6.92 Å². The fourth-order valence-corrected chi connectivity index (χ4v) is 2.95. The van der Waals surface area contributed by atoms with Crippen molar-refractivity contribution in [3.8, 4) is 11.5 Å². The van der Waals surface area contributed by atoms with E-state index < -0.39 is 6.10 Å². The molecule has 0 aromatic heterocycles. The van der Waals surface area contributed by atoms with E-state index in [1.165, 1.54) is 0 Å². The van der Waals surface area contributed by atoms with E-state index in [0.717, 1.165) is 42.1 Å². The highest BCUT2D eigenvalue weighted by atomic mass is 16.5. The molecule has 2 rings (SSSR count). The van der Waals surface area contributed by atoms with Crippen LogP contribution in [0.2, 0.25) is 0 Å². The zero-order chi connectivity index (χ0) is 19.5. The Morgan fingerprint density at radius 1 is 1.07 bits per heavy atom. The van der Waals surface area contributed by atoms with Crippen molar-refractivity contribution in [2.75, 3.05) is 40.5 Å². The van der Waals surface area contributed by atoms with E-state index in [1.54, 1.807) is 14.2 Å². The van der Waals surface area contributed by atoms with Gasteiger partial charge < -0.3 is 19.3 Å². The normalized spacial score (nSPS) is 12.2. The SMILES string of the molecule is COCCCN(Cc1cccc(OC)c1)CC(O)COc1ccccc1C. The number of rotatable bonds is 12. The lowest BCUT2D eigenvalue weighted by atomic mass is 10.2. The summed E-state index contributed by atoms with van der Waals surface area (Å²) in [6.45, 7) is 5.08. The van der Waals surface area contributed by atoms with Gasteiger partial charge in [-0.05, 0) is 42.7 Å². The van der Waals surface area contributed by atoms with Gasteiger partial charge in [-0.15, -0.1) is 0 Å². The fraction of sp³-hybridized carbons (Fsp3) is 0.455. The maximum atomic E-state index is 10.5. The molecule has 0 spiro atoms. The molecular formula is C22H31NO4. The first kappa shape index (κ1) is 21.2. The van der Waals surface area contributed by atoms with E-state index in [2.05, 4.69) is 11.0 Å². The number of methoxy groups -OCH3 is 2. The largest absolute Gasteiger partial charge is 0.497 e. The van der Waals surface area contributed by atoms with Gasteiger partial charge in [0.1, 0.15) is 24.2 Å². The number of hydrogen-bond donors (Lipinski definition) is 1. The Kier molecular flexibility index (Phi) is 9.11. The van der Waals surface area contributed by atoms with Crippen molar-refractivity contribution in [2.24, 2.45) is 0 Å². The van der Waals surface area contributed by atoms with Gasteiger partial charge in [0.05, 0.1) is 7.11 Å². The third-order valence-corrected chi connectivity index (χ3v) is 4.36. The maximum absolute atomic E-state index is 10.5. The highest BCUT2D eigenvalue weighted by molar-refractivity contribution is 5.31. The first-order chi connectivity index (χ1) is 13.1. The summed E-state index contributed by atoms with van der Waals surface area (Å²) in [5.74, 6) is 1.66. The summed E-state index contributed by atoms with van der Waals surface area (Å²) in [7, 11) is 3.37. The van der Waals surface area contributed by atoms with Crippen LogP contribution in [0.4, 0.5) is 0 Å². The highest BCUT2D eigenvalue weighted by Gasteiger charge is 2.14. The minimum Gasteiger partial charge on any atom is -0.497 e. The molecule has 2 aromatic rings. The van der Waals surface area contributed by atoms with Gasteiger partial charge in [0.25, 0.3) is 0 Å². The van der Waals surface area contributed by atoms with Crippen molar-refractivity contribution in [3.05, 3.63) is 59.7 Å². The van der Waals surface area contributed by atoms with E-state index in [4.69, 9.17) is 14.2 Å². The van der Waals surface area contributed by atoms with Crippen molar-refractivity contribution in [3.63, 3.8) is 0 Å². The lowest BCUT2D eigenvalue weighted by molar-refractivity contribution is 0.0615. The van der Waals surface area contributed by atoms with Gasteiger partial charge in [-0.1, -0.05) is 30.3 Å². The molecule has 0 aliphatic rings. The molecule has 5 nitrogen and oxygen atoms in total. The van der Waals surface area contributed by atoms with Crippen LogP contribution in [-0.2, 0) is 11.3 Å². The van der Waals surface area contributed by atoms with Gasteiger partial charge in [-0.3, -0.25) is 4.90 Å². The Labute approximate surface area is 162 Å². The number of hydrogen-bond acceptors (Lipinski definition) is 5. The van der Waals surface area contributed by atoms with Crippen LogP contribution in [0.1, 0.15) is 17.5 Å². The molecule has 0 amide bonds. The third-order valence-electron chi connectivity index (χ3n) is 4.36. The Morgan fingerprint density at radius 3 is 2.63 bits per heavy atom. The van der Waals surface area contributed by atoms with Crippen LogP contribution in [0.15, 0.2) is 48.5 Å². The number of ether oxygens (including phenoxy) is 3. The van der Waals surface area contributed by atoms with E-state index >= 15 is 0 Å². The van der Waals surface area contributed by atoms with Crippen LogP contribution >= 0.6 is 0 Å². The first-order valence-corrected chi connectivity index (χ1v) is 9.33. The van der Waals surface area contributed by atoms with Crippen molar-refractivity contribution < 1.29 is 19.3 Å². The number of aliphatic hydroxyl groups excluding tert-OH is 1. The van der Waals surface area contributed by atoms with E-state index in [-0.39, 0.29) is 6.61 Å². The summed E-state index contributed by atoms with van der Waals surface area (Å²) in [6, 6.07) is 15.9. The summed E-state index contributed by atoms with van der Waals surface area (Å²) in [5, 5.41) is 10.5. The quantitative estimate of drug-likeness (QED) is 0.579. The minimum atomic E-state index is -0.572. The second kappa shape index (κ2) is 11.6. The molecule has 5 heteroatoms. The Balaban J connectivity index is 1.92. The average molecular weight is 373 g/mol. The Bertz CT molecular complexity index is 677. The van der Waals surface area contributed by atoms with Crippen LogP contribution < -0.4 is 9.47 Å². The zero-order valence-electron chi connectivity index (χ0n) is 16.6. The van der Waals surface area contributed by atoms with Crippen molar-refractivity contribution in [1.29, 1.82) is 0 Å². The number of aliphatic hydroxyl groups is 1. The molecule has 1 unspecified atom stereocenters. The topological polar surface area (TPSA) is 51.2 Å². The number of para-hydroxylation sites is 1. The zero-order valence-corrected chi connectivity index (χ0v) is 16.6. The average Bonchev–Trinajstić information content (AvgIpc) is 2.67. The molecule has 0 saturated heterocycles. The molecular weight excluding hydrogens is 342 g/mol. The monoisotopic (exact) mass is 373 g/mol. The second-order valence-corrected chi connectivity index (χ2v) is 6.66. The Morgan fingerprint density at radius 2 is 1.89 bits per heavy atom. The lowest BCUT2D eigenvalue weighted by Crippen LogP contribution is -2.36. The summed E-state index contributed by atoms with van der Waals surface area (Å²) < 4.78 is 16.3. The molecule has 0 fully saturated rings. The van der Waals surface area contributed by atoms with Crippen molar-refractivity contribution in [2.45, 2.75) is 26.0 Å². The molecule has 0 bridgehead atoms. The lowest BCUT2D eigenvalue weighted by Gasteiger charge is -2.25. The number of aryl methyl sites for hydroxylation is 1. The van der Waals surface area contributed by atoms with Crippen molar-refractivity contribution in [1.82, 2.24) is 4.90 Å². The van der Waals surface area contributed by atoms with Gasteiger partial charge >= 0.3 is 0 Å². The molecule has 0 aliphatic heterocycles. The predicted octanol–water partition coefficient (Wildman–Crippen LogP) is 3.28. The van der Waals surface area contributed by atoms with E-state index in [9.17, 15) is 5.11 Å². The second-order valence-electron chi connectivity index (χ2n) is 6.66. The molecule has 1 atom stereocenters. The summed E-state index contributed by atoms with van der Waals surface area (Å²) in [6.07, 6.45) is 0.337. The summed E-state index contributed by atoms with van der Waals surface area (Å²) >= 11 is 0. The van der Waals surface area contributed by atoms with Gasteiger partial charge in [-0.2, -0.15) is 0 Å². The van der Waals surface area contributed by atoms with Crippen molar-refractivity contribution >= 4 is 0 Å². The van der Waals surface area contributed by atoms with Crippen LogP contribution in [0.25, 0.3) is 0 Å². The Hall–Kier alpha value is -2.08. The van der Waals surface area contributed by atoms with Gasteiger partial charge in [0.2, 0.25) is 0 Å². The predicted molar refractivity (Wildman–Crippen MR) is 107 cm³/mol. The summed E-state index contributed by atoms with van der Waals surface area (Å²) in [4.78, 5) is 2.22. The molecule has 148 valence electrons. The maximum Gasteiger partial charge on any atom is 0.122 e. The first-order valence-electron chi connectivity index (χ1n) is 9.33. The van der Waals surface area contributed by atoms with Crippen LogP contribution in [-0.4, -0.2) is 56.6 Å². The molecule has 2 aromatic carbocycles. The third kappa shape index (κ3) is 7.59. The van der Waals surface area contributed by atoms with Crippen LogP contribution in [0.3, 0.4) is 0 Å². The molecule has 1 N–H and O–H groups in total. The molecule has 27 heavy (non-hydrogen) atoms. The smallest absolute Gasteiger partial charge is 0.122 e. The molecule has 0 heterocycles. The van der Waals surface area contributed by atoms with Gasteiger partial charge in [0, 0.05) is 33.4 Å². The number of benzene rings is 2. The summed E-state index contributed by atoms with van der Waals surface area (Å²) in [5.41, 5.74) is 2.22. The molecule has 0 radical (unpaired) electrons. The minimum absolute atomic E-state index is 0.268. The standard InChI is InChI=1S/C22H31NO4/c1-18-8-4-5-11-22(18)27-17-20(24)16-23(12-7-13-25-2)15-19-9-6-10-21(14-19)26-3/h4-6,8-11,14,20,24H,7,12-13,15-17H2,1-3H3. The van der Waals surface area contributed by atoms with E-state index in [0.29, 0.717) is 13.2 Å². The van der Waals surface area contributed by atoms with Gasteiger partial charge in [0.15, 0.2) is 0 Å². The molecule has 0 aliphatic carbocycles. The fourth-order valence-electron chi connectivity index (χ4n) is 2.95. The van der Waals surface area contributed by atoms with Gasteiger partial charge in [-0.25, -0.2) is 0 Å². The molecule has 0 saturated carbocycles. The number of nitrogens with zero attached hydrogens (tertiary/aromatic N) is 1.